The van der Waals surface area contributed by atoms with Crippen molar-refractivity contribution in [2.45, 2.75) is 64.1 Å². The minimum Gasteiger partial charge on any atom is -0.458 e. The van der Waals surface area contributed by atoms with Crippen LogP contribution in [0, 0.1) is 17.8 Å². The van der Waals surface area contributed by atoms with E-state index in [-0.39, 0.29) is 5.92 Å². The average Bonchev–Trinajstić information content (AvgIpc) is 2.69. The van der Waals surface area contributed by atoms with Crippen LogP contribution in [0.5, 0.6) is 0 Å². The number of carbonyl (C=O) groups excluding carboxylic acids is 1. The van der Waals surface area contributed by atoms with Gasteiger partial charge in [-0.05, 0) is 44.6 Å². The summed E-state index contributed by atoms with van der Waals surface area (Å²) >= 11 is 0. The topological polar surface area (TPSA) is 54.0 Å². The van der Waals surface area contributed by atoms with Crippen molar-refractivity contribution >= 4 is 6.29 Å². The number of fused-ring (bicyclic) bond motifs is 2. The largest absolute Gasteiger partial charge is 0.458 e. The van der Waals surface area contributed by atoms with Gasteiger partial charge in [-0.25, -0.2) is 9.78 Å². The van der Waals surface area contributed by atoms with Crippen LogP contribution in [0.1, 0.15) is 46.5 Å². The Morgan fingerprint density at radius 1 is 1.24 bits per heavy atom. The SMILES string of the molecule is CC1=C(C=O)O[C@@H]2O[C@]3(C)CC[C@H]4[C@H](C)CC[C@@H]1[C@@]24OO3. The molecule has 4 heterocycles. The third-order valence-electron chi connectivity index (χ3n) is 5.97. The molecule has 1 spiro atoms. The summed E-state index contributed by atoms with van der Waals surface area (Å²) in [6.07, 6.45) is 4.13. The zero-order valence-corrected chi connectivity index (χ0v) is 12.8. The molecule has 1 saturated carbocycles. The van der Waals surface area contributed by atoms with E-state index in [4.69, 9.17) is 19.2 Å². The second-order valence-corrected chi connectivity index (χ2v) is 7.14. The van der Waals surface area contributed by atoms with E-state index in [0.717, 1.165) is 37.5 Å². The lowest BCUT2D eigenvalue weighted by molar-refractivity contribution is -0.555. The fraction of sp³-hybridized carbons (Fsp3) is 0.812. The van der Waals surface area contributed by atoms with Crippen LogP contribution in [-0.2, 0) is 24.0 Å². The Labute approximate surface area is 124 Å². The predicted octanol–water partition coefficient (Wildman–Crippen LogP) is 2.71. The van der Waals surface area contributed by atoms with Crippen molar-refractivity contribution in [3.05, 3.63) is 11.3 Å². The Morgan fingerprint density at radius 2 is 2.05 bits per heavy atom. The standard InChI is InChI=1S/C16H22O5/c1-9-4-5-12-10(2)13(8-17)18-14-16(12)11(9)6-7-15(3,19-14)20-21-16/h8-9,11-12,14H,4-7H2,1-3H3/t9-,11+,12+,14-,15+,16-/m1/s1. The highest BCUT2D eigenvalue weighted by Gasteiger charge is 2.68. The summed E-state index contributed by atoms with van der Waals surface area (Å²) in [5, 5.41) is 0. The highest BCUT2D eigenvalue weighted by molar-refractivity contribution is 5.72. The zero-order chi connectivity index (χ0) is 14.8. The van der Waals surface area contributed by atoms with Gasteiger partial charge in [0.2, 0.25) is 12.1 Å². The molecule has 5 aliphatic rings. The summed E-state index contributed by atoms with van der Waals surface area (Å²) < 4.78 is 12.0. The van der Waals surface area contributed by atoms with Crippen LogP contribution in [0.2, 0.25) is 0 Å². The Bertz CT molecular complexity index is 515. The van der Waals surface area contributed by atoms with Crippen LogP contribution in [0.15, 0.2) is 11.3 Å². The van der Waals surface area contributed by atoms with Crippen molar-refractivity contribution in [3.8, 4) is 0 Å². The van der Waals surface area contributed by atoms with E-state index in [1.807, 2.05) is 13.8 Å². The van der Waals surface area contributed by atoms with Crippen LogP contribution in [-0.4, -0.2) is 24.0 Å². The molecule has 1 aliphatic carbocycles. The minimum absolute atomic E-state index is 0.125. The molecule has 5 nitrogen and oxygen atoms in total. The van der Waals surface area contributed by atoms with Crippen molar-refractivity contribution in [2.24, 2.45) is 17.8 Å². The molecule has 4 fully saturated rings. The second kappa shape index (κ2) is 4.31. The first-order valence-electron chi connectivity index (χ1n) is 7.87. The van der Waals surface area contributed by atoms with E-state index in [1.165, 1.54) is 0 Å². The van der Waals surface area contributed by atoms with E-state index in [1.54, 1.807) is 0 Å². The van der Waals surface area contributed by atoms with E-state index < -0.39 is 17.7 Å². The van der Waals surface area contributed by atoms with Gasteiger partial charge in [0.15, 0.2) is 17.6 Å². The fourth-order valence-corrected chi connectivity index (χ4v) is 4.76. The van der Waals surface area contributed by atoms with Gasteiger partial charge in [0.05, 0.1) is 0 Å². The molecule has 0 aromatic rings. The van der Waals surface area contributed by atoms with Gasteiger partial charge < -0.3 is 9.47 Å². The Kier molecular flexibility index (Phi) is 2.82. The summed E-state index contributed by atoms with van der Waals surface area (Å²) in [6, 6.07) is 0. The van der Waals surface area contributed by atoms with Crippen LogP contribution >= 0.6 is 0 Å². The minimum atomic E-state index is -0.781. The van der Waals surface area contributed by atoms with E-state index in [0.29, 0.717) is 17.6 Å². The molecule has 4 aliphatic heterocycles. The molecule has 21 heavy (non-hydrogen) atoms. The zero-order valence-electron chi connectivity index (χ0n) is 12.8. The normalized spacial score (nSPS) is 52.0. The average molecular weight is 294 g/mol. The summed E-state index contributed by atoms with van der Waals surface area (Å²) in [7, 11) is 0. The van der Waals surface area contributed by atoms with Gasteiger partial charge in [-0.2, -0.15) is 0 Å². The van der Waals surface area contributed by atoms with Crippen molar-refractivity contribution in [1.82, 2.24) is 0 Å². The number of rotatable bonds is 1. The molecule has 0 amide bonds. The molecular weight excluding hydrogens is 272 g/mol. The Balaban J connectivity index is 1.87. The molecule has 6 atom stereocenters. The molecule has 0 aromatic heterocycles. The van der Waals surface area contributed by atoms with Crippen LogP contribution < -0.4 is 0 Å². The van der Waals surface area contributed by atoms with E-state index in [9.17, 15) is 4.79 Å². The lowest BCUT2D eigenvalue weighted by Gasteiger charge is -2.56. The fourth-order valence-electron chi connectivity index (χ4n) is 4.76. The lowest BCUT2D eigenvalue weighted by atomic mass is 9.59. The first kappa shape index (κ1) is 13.7. The molecule has 5 rings (SSSR count). The molecule has 0 aromatic carbocycles. The molecule has 116 valence electrons. The van der Waals surface area contributed by atoms with Gasteiger partial charge in [-0.15, -0.1) is 0 Å². The van der Waals surface area contributed by atoms with Gasteiger partial charge in [-0.1, -0.05) is 6.92 Å². The maximum absolute atomic E-state index is 11.3. The molecule has 0 radical (unpaired) electrons. The molecule has 3 saturated heterocycles. The van der Waals surface area contributed by atoms with Gasteiger partial charge >= 0.3 is 0 Å². The van der Waals surface area contributed by atoms with Gasteiger partial charge in [-0.3, -0.25) is 4.79 Å². The number of ether oxygens (including phenoxy) is 2. The summed E-state index contributed by atoms with van der Waals surface area (Å²) in [5.41, 5.74) is 0.362. The molecule has 5 heteroatoms. The van der Waals surface area contributed by atoms with E-state index >= 15 is 0 Å². The maximum Gasteiger partial charge on any atom is 0.236 e. The number of hydrogen-bond donors (Lipinski definition) is 0. The van der Waals surface area contributed by atoms with Crippen molar-refractivity contribution in [1.29, 1.82) is 0 Å². The van der Waals surface area contributed by atoms with E-state index in [2.05, 4.69) is 6.92 Å². The van der Waals surface area contributed by atoms with Crippen LogP contribution in [0.25, 0.3) is 0 Å². The highest BCUT2D eigenvalue weighted by atomic mass is 17.3. The first-order chi connectivity index (χ1) is 10.00. The molecular formula is C16H22O5. The van der Waals surface area contributed by atoms with Gasteiger partial charge in [0.1, 0.15) is 0 Å². The number of allylic oxidation sites excluding steroid dienone is 1. The Morgan fingerprint density at radius 3 is 2.81 bits per heavy atom. The number of carbonyl (C=O) groups is 1. The Hall–Kier alpha value is -0.910. The third kappa shape index (κ3) is 1.65. The molecule has 2 bridgehead atoms. The van der Waals surface area contributed by atoms with Crippen molar-refractivity contribution < 1.29 is 24.0 Å². The quantitative estimate of drug-likeness (QED) is 0.550. The number of aldehydes is 1. The third-order valence-corrected chi connectivity index (χ3v) is 5.97. The smallest absolute Gasteiger partial charge is 0.236 e. The molecule has 0 unspecified atom stereocenters. The van der Waals surface area contributed by atoms with Gasteiger partial charge in [0.25, 0.3) is 0 Å². The lowest BCUT2D eigenvalue weighted by Crippen LogP contribution is -2.66. The molecule has 0 N–H and O–H groups in total. The second-order valence-electron chi connectivity index (χ2n) is 7.14. The summed E-state index contributed by atoms with van der Waals surface area (Å²) in [4.78, 5) is 23.0. The van der Waals surface area contributed by atoms with Crippen molar-refractivity contribution in [3.63, 3.8) is 0 Å². The van der Waals surface area contributed by atoms with Crippen LogP contribution in [0.4, 0.5) is 0 Å². The predicted molar refractivity (Wildman–Crippen MR) is 72.6 cm³/mol. The number of hydrogen-bond acceptors (Lipinski definition) is 5. The van der Waals surface area contributed by atoms with Crippen LogP contribution in [0.3, 0.4) is 0 Å². The monoisotopic (exact) mass is 294 g/mol. The summed E-state index contributed by atoms with van der Waals surface area (Å²) in [5.74, 6) is 0.611. The van der Waals surface area contributed by atoms with Crippen molar-refractivity contribution in [2.75, 3.05) is 0 Å². The first-order valence-corrected chi connectivity index (χ1v) is 7.87. The summed E-state index contributed by atoms with van der Waals surface area (Å²) in [6.45, 7) is 6.12. The highest BCUT2D eigenvalue weighted by Crippen LogP contribution is 2.59. The van der Waals surface area contributed by atoms with Gasteiger partial charge in [0, 0.05) is 18.3 Å². The maximum atomic E-state index is 11.3.